The number of rotatable bonds is 0. The highest BCUT2D eigenvalue weighted by Gasteiger charge is 2.08. The van der Waals surface area contributed by atoms with Crippen molar-refractivity contribution in [3.8, 4) is 0 Å². The van der Waals surface area contributed by atoms with E-state index in [1.54, 1.807) is 0 Å². The van der Waals surface area contributed by atoms with Crippen molar-refractivity contribution in [1.82, 2.24) is 21.3 Å². The molecule has 0 saturated carbocycles. The molecule has 0 aromatic heterocycles. The summed E-state index contributed by atoms with van der Waals surface area (Å²) < 4.78 is 0. The maximum Gasteiger partial charge on any atom is 0.0572 e. The molecule has 4 N–H and O–H groups in total. The average molecular weight is 357 g/mol. The lowest BCUT2D eigenvalue weighted by Crippen LogP contribution is -2.20. The van der Waals surface area contributed by atoms with E-state index in [-0.39, 0.29) is 14.9 Å². The lowest BCUT2D eigenvalue weighted by Gasteiger charge is -2.08. The van der Waals surface area contributed by atoms with E-state index in [1.807, 2.05) is 0 Å². The highest BCUT2D eigenvalue weighted by Crippen LogP contribution is 2.12. The molecule has 0 aromatic carbocycles. The minimum absolute atomic E-state index is 0. The Morgan fingerprint density at radius 1 is 0.654 bits per heavy atom. The minimum Gasteiger partial charge on any atom is -0.384 e. The zero-order chi connectivity index (χ0) is 16.5. The van der Waals surface area contributed by atoms with Crippen LogP contribution in [0.2, 0.25) is 0 Å². The van der Waals surface area contributed by atoms with Gasteiger partial charge in [0.15, 0.2) is 0 Å². The molecule has 26 heavy (non-hydrogen) atoms. The van der Waals surface area contributed by atoms with Gasteiger partial charge in [-0.05, 0) is 37.0 Å². The second-order valence-corrected chi connectivity index (χ2v) is 6.15. The van der Waals surface area contributed by atoms with Crippen LogP contribution in [0.4, 0.5) is 0 Å². The summed E-state index contributed by atoms with van der Waals surface area (Å²) in [5, 5.41) is 13.6. The molecule has 4 rings (SSSR count). The second kappa shape index (κ2) is 12.2. The maximum absolute atomic E-state index is 3.41. The van der Waals surface area contributed by atoms with Gasteiger partial charge < -0.3 is 21.3 Å². The first-order valence-corrected chi connectivity index (χ1v) is 8.99. The van der Waals surface area contributed by atoms with Gasteiger partial charge in [0.1, 0.15) is 0 Å². The molecular formula is C22H36N4. The summed E-state index contributed by atoms with van der Waals surface area (Å²) in [5.74, 6) is 0. The van der Waals surface area contributed by atoms with Gasteiger partial charge >= 0.3 is 0 Å². The minimum atomic E-state index is 0. The zero-order valence-corrected chi connectivity index (χ0v) is 14.3. The van der Waals surface area contributed by atoms with Crippen LogP contribution >= 0.6 is 0 Å². The van der Waals surface area contributed by atoms with Crippen molar-refractivity contribution in [1.29, 1.82) is 0 Å². The lowest BCUT2D eigenvalue weighted by atomic mass is 10.1. The molecule has 2 aliphatic heterocycles. The highest BCUT2D eigenvalue weighted by atomic mass is 15.0. The first-order valence-electron chi connectivity index (χ1n) is 8.99. The third-order valence-corrected chi connectivity index (χ3v) is 4.31. The fourth-order valence-electron chi connectivity index (χ4n) is 3.00. The molecule has 144 valence electrons. The molecule has 4 aliphatic rings. The predicted molar refractivity (Wildman–Crippen MR) is 115 cm³/mol. The third-order valence-electron chi connectivity index (χ3n) is 4.31. The lowest BCUT2D eigenvalue weighted by molar-refractivity contribution is 0.733. The SMILES string of the molecule is C.C.C1=CCC=C2CNCCNC2=C1.C1=CCC=C2NCCCNC2=C1. The van der Waals surface area contributed by atoms with Crippen molar-refractivity contribution < 1.29 is 0 Å². The summed E-state index contributed by atoms with van der Waals surface area (Å²) in [6, 6.07) is 0. The monoisotopic (exact) mass is 356 g/mol. The number of hydrogen-bond donors (Lipinski definition) is 4. The quantitative estimate of drug-likeness (QED) is 0.536. The molecular weight excluding hydrogens is 320 g/mol. The fourth-order valence-corrected chi connectivity index (χ4v) is 3.00. The Hall–Kier alpha value is -2.20. The van der Waals surface area contributed by atoms with Gasteiger partial charge in [0.25, 0.3) is 0 Å². The van der Waals surface area contributed by atoms with Gasteiger partial charge in [-0.15, -0.1) is 0 Å². The first-order chi connectivity index (χ1) is 11.9. The van der Waals surface area contributed by atoms with Crippen LogP contribution in [-0.2, 0) is 0 Å². The molecule has 0 amide bonds. The van der Waals surface area contributed by atoms with Crippen LogP contribution in [0.3, 0.4) is 0 Å². The number of fused-ring (bicyclic) bond motifs is 2. The van der Waals surface area contributed by atoms with Gasteiger partial charge in [0.2, 0.25) is 0 Å². The van der Waals surface area contributed by atoms with Crippen molar-refractivity contribution in [2.45, 2.75) is 34.1 Å². The molecule has 2 aliphatic carbocycles. The molecule has 4 nitrogen and oxygen atoms in total. The van der Waals surface area contributed by atoms with Gasteiger partial charge in [-0.2, -0.15) is 0 Å². The van der Waals surface area contributed by atoms with Gasteiger partial charge in [-0.1, -0.05) is 51.3 Å². The first kappa shape index (κ1) is 21.8. The van der Waals surface area contributed by atoms with E-state index >= 15 is 0 Å². The van der Waals surface area contributed by atoms with Crippen LogP contribution in [-0.4, -0.2) is 32.7 Å². The van der Waals surface area contributed by atoms with Crippen molar-refractivity contribution >= 4 is 0 Å². The Balaban J connectivity index is 0.000000241. The largest absolute Gasteiger partial charge is 0.384 e. The summed E-state index contributed by atoms with van der Waals surface area (Å²) in [6.45, 7) is 5.23. The summed E-state index contributed by atoms with van der Waals surface area (Å²) in [4.78, 5) is 0. The zero-order valence-electron chi connectivity index (χ0n) is 14.3. The van der Waals surface area contributed by atoms with Gasteiger partial charge in [-0.3, -0.25) is 0 Å². The molecule has 0 bridgehead atoms. The Morgan fingerprint density at radius 2 is 1.31 bits per heavy atom. The molecule has 4 heteroatoms. The maximum atomic E-state index is 3.41. The average Bonchev–Trinajstić information content (AvgIpc) is 3.10. The van der Waals surface area contributed by atoms with Crippen LogP contribution in [0.15, 0.2) is 71.3 Å². The van der Waals surface area contributed by atoms with Gasteiger partial charge in [0, 0.05) is 38.4 Å². The number of hydrogen-bond acceptors (Lipinski definition) is 4. The molecule has 0 unspecified atom stereocenters. The van der Waals surface area contributed by atoms with E-state index < -0.39 is 0 Å². The van der Waals surface area contributed by atoms with Crippen molar-refractivity contribution in [2.24, 2.45) is 0 Å². The molecule has 2 heterocycles. The van der Waals surface area contributed by atoms with E-state index in [2.05, 4.69) is 69.9 Å². The predicted octanol–water partition coefficient (Wildman–Crippen LogP) is 3.52. The summed E-state index contributed by atoms with van der Waals surface area (Å²) in [6.07, 6.45) is 20.7. The third kappa shape index (κ3) is 6.60. The molecule has 0 spiro atoms. The summed E-state index contributed by atoms with van der Waals surface area (Å²) in [5.41, 5.74) is 5.19. The number of nitrogens with one attached hydrogen (secondary N) is 4. The smallest absolute Gasteiger partial charge is 0.0572 e. The van der Waals surface area contributed by atoms with E-state index in [4.69, 9.17) is 0 Å². The standard InChI is InChI=1S/2C10H14N2.2CH4/c1-2-5-9-10(6-3-1)12-8-4-7-11-9;1-2-4-9-8-11-6-7-12-10(9)5-3-1;;/h1-2,5-6,11-12H,3-4,7-8H2;1,3-5,11-12H,2,6-8H2;2*1H4. The van der Waals surface area contributed by atoms with Crippen LogP contribution in [0.1, 0.15) is 34.1 Å². The van der Waals surface area contributed by atoms with Crippen molar-refractivity contribution in [2.75, 3.05) is 32.7 Å². The van der Waals surface area contributed by atoms with Crippen molar-refractivity contribution in [3.63, 3.8) is 0 Å². The Kier molecular flexibility index (Phi) is 10.3. The van der Waals surface area contributed by atoms with Crippen molar-refractivity contribution in [3.05, 3.63) is 71.3 Å². The fraction of sp³-hybridized carbons (Fsp3) is 0.455. The summed E-state index contributed by atoms with van der Waals surface area (Å²) >= 11 is 0. The Labute approximate surface area is 159 Å². The molecule has 0 atom stereocenters. The van der Waals surface area contributed by atoms with Crippen LogP contribution in [0, 0.1) is 0 Å². The van der Waals surface area contributed by atoms with Gasteiger partial charge in [0.05, 0.1) is 11.4 Å². The highest BCUT2D eigenvalue weighted by molar-refractivity contribution is 5.37. The van der Waals surface area contributed by atoms with E-state index in [0.717, 1.165) is 45.6 Å². The van der Waals surface area contributed by atoms with Gasteiger partial charge in [-0.25, -0.2) is 0 Å². The van der Waals surface area contributed by atoms with Crippen LogP contribution < -0.4 is 21.3 Å². The van der Waals surface area contributed by atoms with Crippen LogP contribution in [0.25, 0.3) is 0 Å². The van der Waals surface area contributed by atoms with E-state index in [1.165, 1.54) is 29.1 Å². The molecule has 0 aromatic rings. The molecule has 2 fully saturated rings. The van der Waals surface area contributed by atoms with E-state index in [0.29, 0.717) is 0 Å². The Bertz CT molecular complexity index is 552. The molecule has 0 radical (unpaired) electrons. The topological polar surface area (TPSA) is 48.1 Å². The Morgan fingerprint density at radius 3 is 2.12 bits per heavy atom. The second-order valence-electron chi connectivity index (χ2n) is 6.15. The van der Waals surface area contributed by atoms with Crippen LogP contribution in [0.5, 0.6) is 0 Å². The normalized spacial score (nSPS) is 20.6. The molecule has 2 saturated heterocycles. The summed E-state index contributed by atoms with van der Waals surface area (Å²) in [7, 11) is 0. The number of allylic oxidation sites excluding steroid dienone is 8. The van der Waals surface area contributed by atoms with E-state index in [9.17, 15) is 0 Å².